The maximum Gasteiger partial charge on any atom is 0.266 e. The maximum absolute atomic E-state index is 12.7. The predicted molar refractivity (Wildman–Crippen MR) is 128 cm³/mol. The molecule has 2 aromatic rings. The molecule has 1 atom stereocenters. The minimum absolute atomic E-state index is 0.0918. The number of aryl methyl sites for hydroxylation is 1. The Labute approximate surface area is 187 Å². The van der Waals surface area contributed by atoms with Crippen molar-refractivity contribution < 1.29 is 4.79 Å². The molecular weight excluding hydrogens is 438 g/mol. The van der Waals surface area contributed by atoms with E-state index in [1.54, 1.807) is 18.2 Å². The van der Waals surface area contributed by atoms with E-state index in [1.807, 2.05) is 19.1 Å². The summed E-state index contributed by atoms with van der Waals surface area (Å²) in [4.78, 5) is 15.1. The van der Waals surface area contributed by atoms with Crippen molar-refractivity contribution in [3.05, 3.63) is 63.1 Å². The van der Waals surface area contributed by atoms with E-state index in [0.29, 0.717) is 11.6 Å². The zero-order valence-electron chi connectivity index (χ0n) is 18.2. The van der Waals surface area contributed by atoms with Crippen molar-refractivity contribution in [3.8, 4) is 6.07 Å². The summed E-state index contributed by atoms with van der Waals surface area (Å²) in [6.07, 6.45) is 2.76. The first kappa shape index (κ1) is 22.1. The number of amides is 1. The highest BCUT2D eigenvalue weighted by Gasteiger charge is 2.35. The molecule has 0 radical (unpaired) electrons. The molecule has 1 amide bonds. The molecule has 0 saturated carbocycles. The van der Waals surface area contributed by atoms with Crippen LogP contribution in [0.5, 0.6) is 0 Å². The van der Waals surface area contributed by atoms with Gasteiger partial charge in [0.1, 0.15) is 11.6 Å². The van der Waals surface area contributed by atoms with Gasteiger partial charge in [0.25, 0.3) is 5.91 Å². The number of nitrogens with zero attached hydrogens (tertiary/aromatic N) is 2. The first-order valence-corrected chi connectivity index (χ1v) is 11.1. The Hall–Kier alpha value is -2.58. The maximum atomic E-state index is 12.7. The molecule has 0 bridgehead atoms. The molecule has 4 nitrogen and oxygen atoms in total. The predicted octanol–water partition coefficient (Wildman–Crippen LogP) is 6.42. The van der Waals surface area contributed by atoms with Gasteiger partial charge in [0, 0.05) is 27.9 Å². The van der Waals surface area contributed by atoms with Crippen LogP contribution in [0.15, 0.2) is 46.4 Å². The van der Waals surface area contributed by atoms with E-state index in [9.17, 15) is 10.1 Å². The van der Waals surface area contributed by atoms with Gasteiger partial charge in [-0.25, -0.2) is 0 Å². The molecule has 30 heavy (non-hydrogen) atoms. The Bertz CT molecular complexity index is 1050. The van der Waals surface area contributed by atoms with Gasteiger partial charge in [0.05, 0.1) is 0 Å². The Morgan fingerprint density at radius 2 is 2.10 bits per heavy atom. The average molecular weight is 466 g/mol. The molecule has 156 valence electrons. The molecule has 2 aromatic carbocycles. The van der Waals surface area contributed by atoms with E-state index in [-0.39, 0.29) is 11.1 Å². The summed E-state index contributed by atoms with van der Waals surface area (Å²) >= 11 is 3.39. The highest BCUT2D eigenvalue weighted by Crippen LogP contribution is 2.44. The SMILES string of the molecule is CCN1c2cc(C)c(/C=C(/C#N)C(=O)Nc3cccc(Br)c3)cc2[C@H](C)CC1(C)C. The molecule has 0 aliphatic carbocycles. The lowest BCUT2D eigenvalue weighted by atomic mass is 9.79. The van der Waals surface area contributed by atoms with Crippen molar-refractivity contribution in [2.75, 3.05) is 16.8 Å². The van der Waals surface area contributed by atoms with E-state index < -0.39 is 5.91 Å². The normalized spacial score (nSPS) is 17.8. The molecule has 1 N–H and O–H groups in total. The highest BCUT2D eigenvalue weighted by atomic mass is 79.9. The van der Waals surface area contributed by atoms with E-state index in [1.165, 1.54) is 11.3 Å². The highest BCUT2D eigenvalue weighted by molar-refractivity contribution is 9.10. The quantitative estimate of drug-likeness (QED) is 0.418. The van der Waals surface area contributed by atoms with Crippen LogP contribution in [-0.4, -0.2) is 18.0 Å². The van der Waals surface area contributed by atoms with Gasteiger partial charge >= 0.3 is 0 Å². The Balaban J connectivity index is 1.97. The minimum atomic E-state index is -0.405. The molecule has 0 unspecified atom stereocenters. The molecule has 0 saturated heterocycles. The Morgan fingerprint density at radius 1 is 1.37 bits per heavy atom. The molecule has 0 spiro atoms. The molecule has 1 aliphatic heterocycles. The molecule has 1 aliphatic rings. The summed E-state index contributed by atoms with van der Waals surface area (Å²) in [7, 11) is 0. The van der Waals surface area contributed by atoms with Crippen LogP contribution in [0.25, 0.3) is 6.08 Å². The summed E-state index contributed by atoms with van der Waals surface area (Å²) in [5.74, 6) is 0.00340. The molecule has 3 rings (SSSR count). The van der Waals surface area contributed by atoms with Crippen molar-refractivity contribution >= 4 is 39.3 Å². The van der Waals surface area contributed by atoms with Crippen LogP contribution in [0.3, 0.4) is 0 Å². The van der Waals surface area contributed by atoms with E-state index in [0.717, 1.165) is 28.6 Å². The van der Waals surface area contributed by atoms with E-state index in [4.69, 9.17) is 0 Å². The van der Waals surface area contributed by atoms with Gasteiger partial charge in [0.2, 0.25) is 0 Å². The van der Waals surface area contributed by atoms with Gasteiger partial charge in [-0.05, 0) is 93.1 Å². The smallest absolute Gasteiger partial charge is 0.266 e. The monoisotopic (exact) mass is 465 g/mol. The standard InChI is InChI=1S/C25H28BrN3O/c1-6-29-23-10-16(2)18(12-22(23)17(3)14-25(29,4)5)11-19(15-27)24(30)28-21-9-7-8-20(26)13-21/h7-13,17H,6,14H2,1-5H3,(H,28,30)/b19-11-/t17-/m1/s1. The summed E-state index contributed by atoms with van der Waals surface area (Å²) < 4.78 is 0.866. The minimum Gasteiger partial charge on any atom is -0.366 e. The molecule has 1 heterocycles. The van der Waals surface area contributed by atoms with Crippen LogP contribution in [-0.2, 0) is 4.79 Å². The van der Waals surface area contributed by atoms with Crippen molar-refractivity contribution in [3.63, 3.8) is 0 Å². The third-order valence-electron chi connectivity index (χ3n) is 5.84. The van der Waals surface area contributed by atoms with Crippen molar-refractivity contribution in [1.29, 1.82) is 5.26 Å². The lowest BCUT2D eigenvalue weighted by molar-refractivity contribution is -0.112. The van der Waals surface area contributed by atoms with Crippen LogP contribution >= 0.6 is 15.9 Å². The summed E-state index contributed by atoms with van der Waals surface area (Å²) in [5, 5.41) is 12.4. The first-order valence-electron chi connectivity index (χ1n) is 10.3. The van der Waals surface area contributed by atoms with E-state index in [2.05, 4.69) is 72.0 Å². The number of carbonyl (C=O) groups excluding carboxylic acids is 1. The number of nitriles is 1. The van der Waals surface area contributed by atoms with Crippen molar-refractivity contribution in [2.45, 2.75) is 52.5 Å². The molecule has 0 aromatic heterocycles. The average Bonchev–Trinajstić information content (AvgIpc) is 2.66. The fourth-order valence-corrected chi connectivity index (χ4v) is 4.87. The second-order valence-corrected chi connectivity index (χ2v) is 9.48. The number of fused-ring (bicyclic) bond motifs is 1. The van der Waals surface area contributed by atoms with Gasteiger partial charge in [0.15, 0.2) is 0 Å². The number of carbonyl (C=O) groups is 1. The lowest BCUT2D eigenvalue weighted by Crippen LogP contribution is -2.48. The third-order valence-corrected chi connectivity index (χ3v) is 6.33. The largest absolute Gasteiger partial charge is 0.366 e. The number of rotatable bonds is 4. The molecule has 5 heteroatoms. The zero-order valence-corrected chi connectivity index (χ0v) is 19.8. The summed E-state index contributed by atoms with van der Waals surface area (Å²) in [6, 6.07) is 13.7. The zero-order chi connectivity index (χ0) is 22.1. The number of anilines is 2. The third kappa shape index (κ3) is 4.44. The number of hydrogen-bond acceptors (Lipinski definition) is 3. The number of benzene rings is 2. The number of halogens is 1. The van der Waals surface area contributed by atoms with E-state index >= 15 is 0 Å². The van der Waals surface area contributed by atoms with Crippen molar-refractivity contribution in [1.82, 2.24) is 0 Å². The van der Waals surface area contributed by atoms with Crippen LogP contribution in [0.4, 0.5) is 11.4 Å². The summed E-state index contributed by atoms with van der Waals surface area (Å²) in [6.45, 7) is 12.0. The second-order valence-electron chi connectivity index (χ2n) is 8.56. The number of nitrogens with one attached hydrogen (secondary N) is 1. The fraction of sp³-hybridized carbons (Fsp3) is 0.360. The van der Waals surface area contributed by atoms with Crippen LogP contribution in [0, 0.1) is 18.3 Å². The lowest BCUT2D eigenvalue weighted by Gasteiger charge is -2.47. The Morgan fingerprint density at radius 3 is 2.73 bits per heavy atom. The van der Waals surface area contributed by atoms with Crippen molar-refractivity contribution in [2.24, 2.45) is 0 Å². The first-order chi connectivity index (χ1) is 14.2. The van der Waals surface area contributed by atoms with Crippen LogP contribution < -0.4 is 10.2 Å². The fourth-order valence-electron chi connectivity index (χ4n) is 4.47. The Kier molecular flexibility index (Phi) is 6.38. The second kappa shape index (κ2) is 8.65. The summed E-state index contributed by atoms with van der Waals surface area (Å²) in [5.41, 5.74) is 5.34. The topological polar surface area (TPSA) is 56.1 Å². The van der Waals surface area contributed by atoms with Crippen LogP contribution in [0.2, 0.25) is 0 Å². The van der Waals surface area contributed by atoms with Gasteiger partial charge in [-0.1, -0.05) is 28.9 Å². The van der Waals surface area contributed by atoms with Gasteiger partial charge < -0.3 is 10.2 Å². The van der Waals surface area contributed by atoms with Crippen LogP contribution in [0.1, 0.15) is 56.7 Å². The van der Waals surface area contributed by atoms with Gasteiger partial charge in [-0.15, -0.1) is 0 Å². The molecular formula is C25H28BrN3O. The molecule has 0 fully saturated rings. The van der Waals surface area contributed by atoms with Gasteiger partial charge in [-0.3, -0.25) is 4.79 Å². The van der Waals surface area contributed by atoms with Gasteiger partial charge in [-0.2, -0.15) is 5.26 Å². The number of hydrogen-bond donors (Lipinski definition) is 1.